The number of nitrogens with zero attached hydrogens (tertiary/aromatic N) is 1. The molecule has 136 valence electrons. The predicted octanol–water partition coefficient (Wildman–Crippen LogP) is 6.78. The topological polar surface area (TPSA) is 54.4 Å². The Labute approximate surface area is 162 Å². The molecule has 1 heterocycles. The number of hydrogen-bond acceptors (Lipinski definition) is 2. The molecule has 0 N–H and O–H groups in total. The maximum Gasteiger partial charge on any atom is 0.361 e. The van der Waals surface area contributed by atoms with E-state index in [1.165, 1.54) is 17.7 Å². The Bertz CT molecular complexity index is 1120. The Balaban J connectivity index is 1.86. The van der Waals surface area contributed by atoms with Crippen molar-refractivity contribution in [2.24, 2.45) is 0 Å². The molecule has 4 nitrogen and oxygen atoms in total. The molecule has 0 saturated heterocycles. The number of rotatable bonds is 4. The van der Waals surface area contributed by atoms with E-state index in [4.69, 9.17) is 4.42 Å². The van der Waals surface area contributed by atoms with E-state index in [2.05, 4.69) is 0 Å². The number of aryl methyl sites for hydroxylation is 1. The smallest absolute Gasteiger partial charge is 0.258 e. The van der Waals surface area contributed by atoms with Crippen LogP contribution in [0.3, 0.4) is 0 Å². The quantitative estimate of drug-likeness (QED) is 0.227. The summed E-state index contributed by atoms with van der Waals surface area (Å²) in [5, 5.41) is 10.9. The van der Waals surface area contributed by atoms with E-state index >= 15 is 0 Å². The summed E-state index contributed by atoms with van der Waals surface area (Å²) in [6.07, 6.45) is 0. The molecule has 0 aliphatic rings. The van der Waals surface area contributed by atoms with Gasteiger partial charge in [0.25, 0.3) is 5.69 Å². The summed E-state index contributed by atoms with van der Waals surface area (Å²) in [6.45, 7) is 2.05. The second-order valence-electron chi connectivity index (χ2n) is 6.61. The number of benzene rings is 3. The first kappa shape index (κ1) is 17.6. The van der Waals surface area contributed by atoms with E-state index in [0.29, 0.717) is 5.76 Å². The zero-order chi connectivity index (χ0) is 19.5. The molecule has 0 aliphatic carbocycles. The van der Waals surface area contributed by atoms with Gasteiger partial charge in [0.05, 0.1) is 28.2 Å². The average Bonchev–Trinajstić information content (AvgIpc) is 2.74. The summed E-state index contributed by atoms with van der Waals surface area (Å²) in [5.74, 6) is 1.40. The van der Waals surface area contributed by atoms with E-state index < -0.39 is 4.92 Å². The molecule has 0 radical (unpaired) electrons. The third-order valence-corrected chi connectivity index (χ3v) is 4.60. The van der Waals surface area contributed by atoms with E-state index in [1.807, 2.05) is 73.7 Å². The van der Waals surface area contributed by atoms with Crippen molar-refractivity contribution in [3.8, 4) is 33.8 Å². The highest BCUT2D eigenvalue weighted by molar-refractivity contribution is 5.74. The van der Waals surface area contributed by atoms with Crippen LogP contribution in [0.5, 0.6) is 0 Å². The van der Waals surface area contributed by atoms with E-state index in [0.717, 1.165) is 28.0 Å². The second-order valence-corrected chi connectivity index (χ2v) is 6.61. The number of hydrogen-bond donors (Lipinski definition) is 0. The minimum atomic E-state index is -0.404. The summed E-state index contributed by atoms with van der Waals surface area (Å²) in [6, 6.07) is 28.6. The lowest BCUT2D eigenvalue weighted by molar-refractivity contribution is -0.384. The van der Waals surface area contributed by atoms with Gasteiger partial charge in [-0.25, -0.2) is 4.42 Å². The molecule has 0 aliphatic heterocycles. The van der Waals surface area contributed by atoms with Gasteiger partial charge in [-0.1, -0.05) is 48.0 Å². The van der Waals surface area contributed by atoms with Gasteiger partial charge in [0, 0.05) is 17.7 Å². The van der Waals surface area contributed by atoms with Crippen molar-refractivity contribution in [2.45, 2.75) is 6.92 Å². The van der Waals surface area contributed by atoms with Gasteiger partial charge >= 0.3 is 11.5 Å². The lowest BCUT2D eigenvalue weighted by atomic mass is 10.0. The Morgan fingerprint density at radius 3 is 1.75 bits per heavy atom. The van der Waals surface area contributed by atoms with Crippen LogP contribution >= 0.6 is 0 Å². The zero-order valence-electron chi connectivity index (χ0n) is 15.3. The summed E-state index contributed by atoms with van der Waals surface area (Å²) in [4.78, 5) is 10.5. The van der Waals surface area contributed by atoms with Crippen molar-refractivity contribution in [2.75, 3.05) is 0 Å². The predicted molar refractivity (Wildman–Crippen MR) is 111 cm³/mol. The average molecular weight is 368 g/mol. The standard InChI is InChI=1S/C24H18NO3/c1-17-7-9-19(10-8-17)23-15-21(18-5-3-2-4-6-18)16-24(28-23)20-11-13-22(14-12-20)25(26)27/h2-16H,1H3/q+1. The molecule has 0 bridgehead atoms. The summed E-state index contributed by atoms with van der Waals surface area (Å²) < 4.78 is 6.18. The molecule has 1 aromatic heterocycles. The van der Waals surface area contributed by atoms with Crippen LogP contribution in [0.2, 0.25) is 0 Å². The van der Waals surface area contributed by atoms with Crippen LogP contribution in [0, 0.1) is 17.0 Å². The highest BCUT2D eigenvalue weighted by atomic mass is 16.6. The fraction of sp³-hybridized carbons (Fsp3) is 0.0417. The largest absolute Gasteiger partial charge is 0.361 e. The highest BCUT2D eigenvalue weighted by Crippen LogP contribution is 2.33. The summed E-state index contributed by atoms with van der Waals surface area (Å²) in [5.41, 5.74) is 5.11. The highest BCUT2D eigenvalue weighted by Gasteiger charge is 2.21. The Morgan fingerprint density at radius 2 is 1.21 bits per heavy atom. The molecule has 0 saturated carbocycles. The third kappa shape index (κ3) is 3.67. The molecule has 4 rings (SSSR count). The fourth-order valence-electron chi connectivity index (χ4n) is 3.05. The van der Waals surface area contributed by atoms with Crippen molar-refractivity contribution in [3.63, 3.8) is 0 Å². The molecule has 0 amide bonds. The Morgan fingerprint density at radius 1 is 0.679 bits per heavy atom. The Kier molecular flexibility index (Phi) is 4.68. The van der Waals surface area contributed by atoms with Crippen molar-refractivity contribution in [3.05, 3.63) is 107 Å². The van der Waals surface area contributed by atoms with Crippen LogP contribution in [-0.4, -0.2) is 4.92 Å². The van der Waals surface area contributed by atoms with Crippen LogP contribution in [0.4, 0.5) is 5.69 Å². The van der Waals surface area contributed by atoms with E-state index in [1.54, 1.807) is 12.1 Å². The van der Waals surface area contributed by atoms with Gasteiger partial charge in [0.1, 0.15) is 0 Å². The number of nitro groups is 1. The van der Waals surface area contributed by atoms with Gasteiger partial charge in [-0.05, 0) is 36.8 Å². The van der Waals surface area contributed by atoms with E-state index in [9.17, 15) is 10.1 Å². The minimum Gasteiger partial charge on any atom is -0.258 e. The normalized spacial score (nSPS) is 10.6. The third-order valence-electron chi connectivity index (χ3n) is 4.60. The summed E-state index contributed by atoms with van der Waals surface area (Å²) in [7, 11) is 0. The molecular weight excluding hydrogens is 350 g/mol. The molecule has 3 aromatic carbocycles. The van der Waals surface area contributed by atoms with Crippen LogP contribution in [-0.2, 0) is 0 Å². The maximum absolute atomic E-state index is 10.9. The molecule has 4 heteroatoms. The van der Waals surface area contributed by atoms with Gasteiger partial charge in [-0.15, -0.1) is 0 Å². The van der Waals surface area contributed by atoms with Crippen LogP contribution < -0.4 is 0 Å². The first-order valence-electron chi connectivity index (χ1n) is 8.96. The molecule has 0 fully saturated rings. The minimum absolute atomic E-state index is 0.0572. The van der Waals surface area contributed by atoms with Gasteiger partial charge in [0.15, 0.2) is 0 Å². The van der Waals surface area contributed by atoms with Crippen molar-refractivity contribution >= 4 is 5.69 Å². The van der Waals surface area contributed by atoms with Gasteiger partial charge in [0.2, 0.25) is 0 Å². The van der Waals surface area contributed by atoms with Crippen LogP contribution in [0.1, 0.15) is 5.56 Å². The lowest BCUT2D eigenvalue weighted by Crippen LogP contribution is -1.89. The van der Waals surface area contributed by atoms with Crippen molar-refractivity contribution < 1.29 is 9.34 Å². The van der Waals surface area contributed by atoms with E-state index in [-0.39, 0.29) is 5.69 Å². The van der Waals surface area contributed by atoms with Crippen molar-refractivity contribution in [1.82, 2.24) is 0 Å². The van der Waals surface area contributed by atoms with Crippen LogP contribution in [0.15, 0.2) is 95.4 Å². The molecule has 0 unspecified atom stereocenters. The molecule has 4 aromatic rings. The lowest BCUT2D eigenvalue weighted by Gasteiger charge is -2.02. The van der Waals surface area contributed by atoms with Crippen molar-refractivity contribution in [1.29, 1.82) is 0 Å². The number of non-ortho nitro benzene ring substituents is 1. The van der Waals surface area contributed by atoms with Gasteiger partial charge in [-0.3, -0.25) is 10.1 Å². The first-order valence-corrected chi connectivity index (χ1v) is 8.96. The second kappa shape index (κ2) is 7.45. The Hall–Kier alpha value is -3.79. The number of nitro benzene ring substituents is 1. The fourth-order valence-corrected chi connectivity index (χ4v) is 3.05. The zero-order valence-corrected chi connectivity index (χ0v) is 15.3. The molecule has 28 heavy (non-hydrogen) atoms. The SMILES string of the molecule is Cc1ccc(-c2cc(-c3ccccc3)cc(-c3ccc([N+](=O)[O-])cc3)[o+]2)cc1. The molecule has 0 spiro atoms. The van der Waals surface area contributed by atoms with Gasteiger partial charge < -0.3 is 0 Å². The maximum atomic E-state index is 10.9. The van der Waals surface area contributed by atoms with Gasteiger partial charge in [-0.2, -0.15) is 0 Å². The molecular formula is C24H18NO3+. The summed E-state index contributed by atoms with van der Waals surface area (Å²) >= 11 is 0. The van der Waals surface area contributed by atoms with Crippen LogP contribution in [0.25, 0.3) is 33.8 Å². The molecule has 0 atom stereocenters. The monoisotopic (exact) mass is 368 g/mol. The first-order chi connectivity index (χ1) is 13.6.